The van der Waals surface area contributed by atoms with Crippen LogP contribution in [-0.4, -0.2) is 5.11 Å². The van der Waals surface area contributed by atoms with Gasteiger partial charge < -0.3 is 5.11 Å². The van der Waals surface area contributed by atoms with Crippen LogP contribution in [0.4, 0.5) is 4.39 Å². The predicted octanol–water partition coefficient (Wildman–Crippen LogP) is 1.75. The zero-order valence-electron chi connectivity index (χ0n) is 6.58. The van der Waals surface area contributed by atoms with Crippen molar-refractivity contribution in [3.63, 3.8) is 0 Å². The summed E-state index contributed by atoms with van der Waals surface area (Å²) in [6.07, 6.45) is -0.702. The number of aliphatic hydroxyl groups excluding tert-OH is 1. The third-order valence-electron chi connectivity index (χ3n) is 1.60. The van der Waals surface area contributed by atoms with Crippen LogP contribution in [0.25, 0.3) is 0 Å². The van der Waals surface area contributed by atoms with E-state index in [1.807, 2.05) is 0 Å². The molecule has 0 aliphatic heterocycles. The fraction of sp³-hybridized carbons (Fsp3) is 0.222. The largest absolute Gasteiger partial charge is 0.389 e. The molecule has 62 valence electrons. The summed E-state index contributed by atoms with van der Waals surface area (Å²) in [6.45, 7) is 1.54. The van der Waals surface area contributed by atoms with Gasteiger partial charge in [-0.05, 0) is 24.6 Å². The Kier molecular flexibility index (Phi) is 2.41. The van der Waals surface area contributed by atoms with Crippen LogP contribution in [0.3, 0.4) is 0 Å². The van der Waals surface area contributed by atoms with Crippen LogP contribution in [0.5, 0.6) is 0 Å². The molecule has 0 fully saturated rings. The summed E-state index contributed by atoms with van der Waals surface area (Å²) in [6, 6.07) is 5.77. The highest BCUT2D eigenvalue weighted by atomic mass is 19.1. The smallest absolute Gasteiger partial charge is 0.141 e. The lowest BCUT2D eigenvalue weighted by Gasteiger charge is -2.03. The van der Waals surface area contributed by atoms with E-state index in [1.54, 1.807) is 13.0 Å². The molecule has 1 rings (SSSR count). The van der Waals surface area contributed by atoms with Crippen molar-refractivity contribution in [2.45, 2.75) is 13.0 Å². The van der Waals surface area contributed by atoms with Gasteiger partial charge in [0.2, 0.25) is 0 Å². The van der Waals surface area contributed by atoms with E-state index in [0.29, 0.717) is 5.56 Å². The van der Waals surface area contributed by atoms with Crippen molar-refractivity contribution in [3.8, 4) is 6.07 Å². The van der Waals surface area contributed by atoms with Crippen LogP contribution in [0.1, 0.15) is 24.2 Å². The minimum Gasteiger partial charge on any atom is -0.389 e. The van der Waals surface area contributed by atoms with Gasteiger partial charge in [-0.3, -0.25) is 0 Å². The third kappa shape index (κ3) is 1.60. The van der Waals surface area contributed by atoms with Gasteiger partial charge in [-0.15, -0.1) is 0 Å². The van der Waals surface area contributed by atoms with E-state index in [4.69, 9.17) is 10.4 Å². The zero-order chi connectivity index (χ0) is 9.14. The topological polar surface area (TPSA) is 44.0 Å². The van der Waals surface area contributed by atoms with Gasteiger partial charge in [0, 0.05) is 0 Å². The Morgan fingerprint density at radius 1 is 1.58 bits per heavy atom. The molecule has 0 aliphatic carbocycles. The molecule has 1 aromatic carbocycles. The van der Waals surface area contributed by atoms with Crippen molar-refractivity contribution < 1.29 is 9.50 Å². The van der Waals surface area contributed by atoms with Gasteiger partial charge in [0.15, 0.2) is 0 Å². The van der Waals surface area contributed by atoms with Crippen molar-refractivity contribution in [1.82, 2.24) is 0 Å². The summed E-state index contributed by atoms with van der Waals surface area (Å²) < 4.78 is 12.9. The molecule has 2 nitrogen and oxygen atoms in total. The Balaban J connectivity index is 3.12. The van der Waals surface area contributed by atoms with Crippen LogP contribution in [0.2, 0.25) is 0 Å². The molecule has 0 aliphatic rings. The minimum atomic E-state index is -0.702. The number of hydrogen-bond acceptors (Lipinski definition) is 2. The van der Waals surface area contributed by atoms with Crippen LogP contribution >= 0.6 is 0 Å². The van der Waals surface area contributed by atoms with Crippen molar-refractivity contribution >= 4 is 0 Å². The average Bonchev–Trinajstić information content (AvgIpc) is 2.04. The number of hydrogen-bond donors (Lipinski definition) is 1. The Hall–Kier alpha value is -1.40. The maximum Gasteiger partial charge on any atom is 0.141 e. The standard InChI is InChI=1S/C9H8FNO/c1-6(12)7-2-3-8(5-11)9(10)4-7/h2-4,6,12H,1H3/t6-/m1/s1. The van der Waals surface area contributed by atoms with Gasteiger partial charge in [0.05, 0.1) is 11.7 Å². The summed E-state index contributed by atoms with van der Waals surface area (Å²) >= 11 is 0. The van der Waals surface area contributed by atoms with Crippen LogP contribution in [0.15, 0.2) is 18.2 Å². The first-order chi connectivity index (χ1) is 5.65. The highest BCUT2D eigenvalue weighted by Crippen LogP contribution is 2.15. The highest BCUT2D eigenvalue weighted by Gasteiger charge is 2.05. The molecule has 0 amide bonds. The predicted molar refractivity (Wildman–Crippen MR) is 41.7 cm³/mol. The molecule has 12 heavy (non-hydrogen) atoms. The maximum absolute atomic E-state index is 12.9. The minimum absolute atomic E-state index is 0.000556. The lowest BCUT2D eigenvalue weighted by atomic mass is 10.1. The molecular formula is C9H8FNO. The van der Waals surface area contributed by atoms with Crippen molar-refractivity contribution in [3.05, 3.63) is 35.1 Å². The van der Waals surface area contributed by atoms with Crippen LogP contribution < -0.4 is 0 Å². The summed E-state index contributed by atoms with van der Waals surface area (Å²) in [7, 11) is 0. The van der Waals surface area contributed by atoms with Crippen LogP contribution in [0, 0.1) is 17.1 Å². The molecule has 0 bridgehead atoms. The van der Waals surface area contributed by atoms with E-state index in [1.165, 1.54) is 18.2 Å². The van der Waals surface area contributed by atoms with E-state index in [-0.39, 0.29) is 5.56 Å². The first-order valence-corrected chi connectivity index (χ1v) is 3.52. The average molecular weight is 165 g/mol. The van der Waals surface area contributed by atoms with E-state index in [9.17, 15) is 4.39 Å². The van der Waals surface area contributed by atoms with Crippen molar-refractivity contribution in [2.75, 3.05) is 0 Å². The molecule has 0 saturated heterocycles. The summed E-state index contributed by atoms with van der Waals surface area (Å²) in [5, 5.41) is 17.5. The third-order valence-corrected chi connectivity index (χ3v) is 1.60. The quantitative estimate of drug-likeness (QED) is 0.688. The zero-order valence-corrected chi connectivity index (χ0v) is 6.58. The Morgan fingerprint density at radius 3 is 2.67 bits per heavy atom. The fourth-order valence-electron chi connectivity index (χ4n) is 0.882. The summed E-state index contributed by atoms with van der Waals surface area (Å²) in [5.74, 6) is -0.587. The molecule has 0 heterocycles. The van der Waals surface area contributed by atoms with Gasteiger partial charge in [0.25, 0.3) is 0 Å². The summed E-state index contributed by atoms with van der Waals surface area (Å²) in [5.41, 5.74) is 0.478. The molecule has 0 unspecified atom stereocenters. The van der Waals surface area contributed by atoms with E-state index >= 15 is 0 Å². The number of nitriles is 1. The highest BCUT2D eigenvalue weighted by molar-refractivity contribution is 5.33. The van der Waals surface area contributed by atoms with E-state index in [2.05, 4.69) is 0 Å². The molecule has 3 heteroatoms. The van der Waals surface area contributed by atoms with Crippen molar-refractivity contribution in [1.29, 1.82) is 5.26 Å². The first-order valence-electron chi connectivity index (χ1n) is 3.52. The number of aliphatic hydroxyl groups is 1. The SMILES string of the molecule is C[C@@H](O)c1ccc(C#N)c(F)c1. The lowest BCUT2D eigenvalue weighted by Crippen LogP contribution is -1.93. The fourth-order valence-corrected chi connectivity index (χ4v) is 0.882. The molecule has 1 N–H and O–H groups in total. The Labute approximate surface area is 69.9 Å². The molecule has 0 radical (unpaired) electrons. The van der Waals surface area contributed by atoms with Crippen molar-refractivity contribution in [2.24, 2.45) is 0 Å². The van der Waals surface area contributed by atoms with Crippen LogP contribution in [-0.2, 0) is 0 Å². The second kappa shape index (κ2) is 3.33. The van der Waals surface area contributed by atoms with Gasteiger partial charge in [-0.1, -0.05) is 6.07 Å². The molecule has 0 spiro atoms. The second-order valence-electron chi connectivity index (χ2n) is 2.53. The van der Waals surface area contributed by atoms with E-state index in [0.717, 1.165) is 0 Å². The number of rotatable bonds is 1. The first kappa shape index (κ1) is 8.69. The monoisotopic (exact) mass is 165 g/mol. The number of benzene rings is 1. The summed E-state index contributed by atoms with van der Waals surface area (Å²) in [4.78, 5) is 0. The van der Waals surface area contributed by atoms with Gasteiger partial charge >= 0.3 is 0 Å². The Morgan fingerprint density at radius 2 is 2.25 bits per heavy atom. The number of halogens is 1. The molecular weight excluding hydrogens is 157 g/mol. The van der Waals surface area contributed by atoms with Gasteiger partial charge in [-0.25, -0.2) is 4.39 Å². The second-order valence-corrected chi connectivity index (χ2v) is 2.53. The van der Waals surface area contributed by atoms with E-state index < -0.39 is 11.9 Å². The molecule has 1 aromatic rings. The lowest BCUT2D eigenvalue weighted by molar-refractivity contribution is 0.199. The van der Waals surface area contributed by atoms with Gasteiger partial charge in [-0.2, -0.15) is 5.26 Å². The number of nitrogens with zero attached hydrogens (tertiary/aromatic N) is 1. The Bertz CT molecular complexity index is 328. The molecule has 1 atom stereocenters. The van der Waals surface area contributed by atoms with Gasteiger partial charge in [0.1, 0.15) is 11.9 Å². The molecule has 0 aromatic heterocycles. The molecule has 0 saturated carbocycles. The maximum atomic E-state index is 12.9. The normalized spacial score (nSPS) is 12.2.